The molecule has 2 aromatic rings. The maximum absolute atomic E-state index is 12.0. The smallest absolute Gasteiger partial charge is 0.195 e. The van der Waals surface area contributed by atoms with Crippen molar-refractivity contribution in [3.05, 3.63) is 65.7 Å². The highest BCUT2D eigenvalue weighted by Gasteiger charge is 2.10. The normalized spacial score (nSPS) is 8.67. The van der Waals surface area contributed by atoms with E-state index in [0.717, 1.165) is 0 Å². The SMILES string of the molecule is CC#N.Nc1ccccc1C(=O)c1ccccc1. The van der Waals surface area contributed by atoms with Gasteiger partial charge in [0.05, 0.1) is 6.07 Å². The van der Waals surface area contributed by atoms with Gasteiger partial charge in [0.25, 0.3) is 0 Å². The number of nitrogens with two attached hydrogens (primary N) is 1. The third-order valence-corrected chi connectivity index (χ3v) is 2.24. The Bertz CT molecular complexity index is 556. The van der Waals surface area contributed by atoms with Gasteiger partial charge in [-0.15, -0.1) is 0 Å². The van der Waals surface area contributed by atoms with Gasteiger partial charge in [-0.25, -0.2) is 0 Å². The Balaban J connectivity index is 0.000000492. The molecule has 0 aliphatic rings. The van der Waals surface area contributed by atoms with E-state index in [1.54, 1.807) is 30.3 Å². The Morgan fingerprint density at radius 1 is 1.06 bits per heavy atom. The van der Waals surface area contributed by atoms with Crippen LogP contribution in [0.3, 0.4) is 0 Å². The van der Waals surface area contributed by atoms with Crippen LogP contribution in [-0.2, 0) is 0 Å². The monoisotopic (exact) mass is 238 g/mol. The van der Waals surface area contributed by atoms with E-state index >= 15 is 0 Å². The van der Waals surface area contributed by atoms with Gasteiger partial charge in [-0.2, -0.15) is 5.26 Å². The molecular formula is C15H14N2O. The van der Waals surface area contributed by atoms with Crippen molar-refractivity contribution < 1.29 is 4.79 Å². The van der Waals surface area contributed by atoms with E-state index in [2.05, 4.69) is 0 Å². The number of carbonyl (C=O) groups excluding carboxylic acids is 1. The zero-order valence-electron chi connectivity index (χ0n) is 10.1. The highest BCUT2D eigenvalue weighted by molar-refractivity contribution is 6.11. The molecule has 3 heteroatoms. The quantitative estimate of drug-likeness (QED) is 0.646. The van der Waals surface area contributed by atoms with Crippen LogP contribution in [0.1, 0.15) is 22.8 Å². The van der Waals surface area contributed by atoms with E-state index in [1.807, 2.05) is 30.3 Å². The highest BCUT2D eigenvalue weighted by atomic mass is 16.1. The lowest BCUT2D eigenvalue weighted by Gasteiger charge is -2.03. The molecule has 90 valence electrons. The zero-order valence-corrected chi connectivity index (χ0v) is 10.1. The fourth-order valence-corrected chi connectivity index (χ4v) is 1.45. The van der Waals surface area contributed by atoms with Crippen molar-refractivity contribution in [1.29, 1.82) is 5.26 Å². The summed E-state index contributed by atoms with van der Waals surface area (Å²) >= 11 is 0. The summed E-state index contributed by atoms with van der Waals surface area (Å²) in [5.41, 5.74) is 7.48. The van der Waals surface area contributed by atoms with Gasteiger partial charge in [0.2, 0.25) is 0 Å². The van der Waals surface area contributed by atoms with E-state index < -0.39 is 0 Å². The van der Waals surface area contributed by atoms with Gasteiger partial charge in [0, 0.05) is 23.7 Å². The molecule has 0 fully saturated rings. The first-order valence-electron chi connectivity index (χ1n) is 5.45. The summed E-state index contributed by atoms with van der Waals surface area (Å²) in [4.78, 5) is 12.0. The van der Waals surface area contributed by atoms with Gasteiger partial charge in [-0.1, -0.05) is 42.5 Å². The lowest BCUT2D eigenvalue weighted by atomic mass is 10.0. The molecule has 18 heavy (non-hydrogen) atoms. The summed E-state index contributed by atoms with van der Waals surface area (Å²) in [6, 6.07) is 18.0. The van der Waals surface area contributed by atoms with Crippen molar-refractivity contribution in [1.82, 2.24) is 0 Å². The number of hydrogen-bond acceptors (Lipinski definition) is 3. The minimum absolute atomic E-state index is 0.0336. The molecule has 2 aromatic carbocycles. The number of nitrogens with zero attached hydrogens (tertiary/aromatic N) is 1. The summed E-state index contributed by atoms with van der Waals surface area (Å²) in [5, 5.41) is 7.32. The topological polar surface area (TPSA) is 66.9 Å². The largest absolute Gasteiger partial charge is 0.398 e. The van der Waals surface area contributed by atoms with Gasteiger partial charge in [0.1, 0.15) is 0 Å². The molecule has 0 aliphatic carbocycles. The van der Waals surface area contributed by atoms with Crippen LogP contribution in [0.4, 0.5) is 5.69 Å². The molecular weight excluding hydrogens is 224 g/mol. The number of para-hydroxylation sites is 1. The van der Waals surface area contributed by atoms with Crippen LogP contribution in [0.25, 0.3) is 0 Å². The second-order valence-electron chi connectivity index (χ2n) is 3.51. The summed E-state index contributed by atoms with van der Waals surface area (Å²) in [7, 11) is 0. The number of ketones is 1. The summed E-state index contributed by atoms with van der Waals surface area (Å²) in [5.74, 6) is -0.0336. The molecule has 0 bridgehead atoms. The van der Waals surface area contributed by atoms with Gasteiger partial charge in [0.15, 0.2) is 5.78 Å². The van der Waals surface area contributed by atoms with Crippen LogP contribution in [0.2, 0.25) is 0 Å². The van der Waals surface area contributed by atoms with Crippen LogP contribution in [0.15, 0.2) is 54.6 Å². The number of nitriles is 1. The van der Waals surface area contributed by atoms with Crippen molar-refractivity contribution in [3.8, 4) is 6.07 Å². The van der Waals surface area contributed by atoms with E-state index in [0.29, 0.717) is 16.8 Å². The molecule has 0 aliphatic heterocycles. The number of rotatable bonds is 2. The Kier molecular flexibility index (Phi) is 5.14. The predicted octanol–water partition coefficient (Wildman–Crippen LogP) is 3.03. The highest BCUT2D eigenvalue weighted by Crippen LogP contribution is 2.15. The lowest BCUT2D eigenvalue weighted by molar-refractivity contribution is 0.103. The second kappa shape index (κ2) is 6.87. The number of hydrogen-bond donors (Lipinski definition) is 1. The maximum atomic E-state index is 12.0. The summed E-state index contributed by atoms with van der Waals surface area (Å²) < 4.78 is 0. The third-order valence-electron chi connectivity index (χ3n) is 2.24. The predicted molar refractivity (Wildman–Crippen MR) is 72.0 cm³/mol. The van der Waals surface area contributed by atoms with E-state index in [9.17, 15) is 4.79 Å². The van der Waals surface area contributed by atoms with Crippen molar-refractivity contribution in [3.63, 3.8) is 0 Å². The summed E-state index contributed by atoms with van der Waals surface area (Å²) in [6.45, 7) is 1.43. The fraction of sp³-hybridized carbons (Fsp3) is 0.0667. The average Bonchev–Trinajstić information content (AvgIpc) is 2.40. The maximum Gasteiger partial charge on any atom is 0.195 e. The van der Waals surface area contributed by atoms with Crippen molar-refractivity contribution in [2.24, 2.45) is 0 Å². The van der Waals surface area contributed by atoms with E-state index in [1.165, 1.54) is 6.92 Å². The molecule has 0 radical (unpaired) electrons. The zero-order chi connectivity index (χ0) is 13.4. The minimum Gasteiger partial charge on any atom is -0.398 e. The average molecular weight is 238 g/mol. The summed E-state index contributed by atoms with van der Waals surface area (Å²) in [6.07, 6.45) is 0. The molecule has 0 amide bonds. The molecule has 0 unspecified atom stereocenters. The molecule has 2 rings (SSSR count). The lowest BCUT2D eigenvalue weighted by Crippen LogP contribution is -2.04. The Morgan fingerprint density at radius 3 is 2.11 bits per heavy atom. The minimum atomic E-state index is -0.0336. The van der Waals surface area contributed by atoms with Crippen LogP contribution in [-0.4, -0.2) is 5.78 Å². The van der Waals surface area contributed by atoms with Crippen LogP contribution in [0, 0.1) is 11.3 Å². The molecule has 3 nitrogen and oxygen atoms in total. The van der Waals surface area contributed by atoms with Gasteiger partial charge >= 0.3 is 0 Å². The number of benzene rings is 2. The molecule has 2 N–H and O–H groups in total. The molecule has 0 spiro atoms. The van der Waals surface area contributed by atoms with E-state index in [-0.39, 0.29) is 5.78 Å². The van der Waals surface area contributed by atoms with Crippen LogP contribution < -0.4 is 5.73 Å². The number of nitrogen functional groups attached to an aromatic ring is 1. The number of anilines is 1. The Labute approximate surface area is 106 Å². The van der Waals surface area contributed by atoms with E-state index in [4.69, 9.17) is 11.0 Å². The van der Waals surface area contributed by atoms with Gasteiger partial charge in [-0.05, 0) is 12.1 Å². The second-order valence-corrected chi connectivity index (χ2v) is 3.51. The van der Waals surface area contributed by atoms with Gasteiger partial charge < -0.3 is 5.73 Å². The molecule has 0 atom stereocenters. The molecule has 0 heterocycles. The standard InChI is InChI=1S/C13H11NO.C2H3N/c14-12-9-5-4-8-11(12)13(15)10-6-2-1-3-7-10;1-2-3/h1-9H,14H2;1H3. The molecule has 0 aromatic heterocycles. The Morgan fingerprint density at radius 2 is 1.56 bits per heavy atom. The Hall–Kier alpha value is -2.60. The first-order valence-corrected chi connectivity index (χ1v) is 5.45. The van der Waals surface area contributed by atoms with Crippen LogP contribution in [0.5, 0.6) is 0 Å². The molecule has 0 saturated carbocycles. The van der Waals surface area contributed by atoms with Crippen molar-refractivity contribution in [2.45, 2.75) is 6.92 Å². The van der Waals surface area contributed by atoms with Crippen LogP contribution >= 0.6 is 0 Å². The fourth-order valence-electron chi connectivity index (χ4n) is 1.45. The first kappa shape index (κ1) is 13.5. The molecule has 0 saturated heterocycles. The third kappa shape index (κ3) is 3.46. The van der Waals surface area contributed by atoms with Crippen molar-refractivity contribution in [2.75, 3.05) is 5.73 Å². The van der Waals surface area contributed by atoms with Crippen molar-refractivity contribution >= 4 is 11.5 Å². The first-order chi connectivity index (χ1) is 8.70. The van der Waals surface area contributed by atoms with Gasteiger partial charge in [-0.3, -0.25) is 4.79 Å². The number of carbonyl (C=O) groups is 1.